The van der Waals surface area contributed by atoms with Gasteiger partial charge in [-0.05, 0) is 39.7 Å². The maximum Gasteiger partial charge on any atom is 0.404 e. The first kappa shape index (κ1) is 30.9. The molecule has 1 saturated carbocycles. The highest BCUT2D eigenvalue weighted by atomic mass is 35.5. The molecular weight excluding hydrogens is 588 g/mol. The molecule has 0 radical (unpaired) electrons. The predicted octanol–water partition coefficient (Wildman–Crippen LogP) is 5.59. The predicted molar refractivity (Wildman–Crippen MR) is 143 cm³/mol. The van der Waals surface area contributed by atoms with E-state index in [-0.39, 0.29) is 28.2 Å². The zero-order valence-electron chi connectivity index (χ0n) is 20.9. The Morgan fingerprint density at radius 3 is 2.39 bits per heavy atom. The van der Waals surface area contributed by atoms with E-state index < -0.39 is 43.7 Å². The maximum absolute atomic E-state index is 12.9. The molecule has 4 N–H and O–H groups in total. The van der Waals surface area contributed by atoms with Gasteiger partial charge < -0.3 is 15.7 Å². The lowest BCUT2D eigenvalue weighted by Crippen LogP contribution is -2.43. The van der Waals surface area contributed by atoms with Gasteiger partial charge in [-0.3, -0.25) is 4.79 Å². The summed E-state index contributed by atoms with van der Waals surface area (Å²) in [5.41, 5.74) is -0.883. The molecule has 8 nitrogen and oxygen atoms in total. The summed E-state index contributed by atoms with van der Waals surface area (Å²) in [6.45, 7) is 3.73. The number of halogens is 5. The Balaban J connectivity index is 2.00. The molecule has 1 amide bonds. The molecule has 0 aliphatic heterocycles. The van der Waals surface area contributed by atoms with E-state index in [2.05, 4.69) is 15.6 Å². The standard InChI is InChI=1S/C23H29Cl2F3N4O4S2/c1-12(23(26,27)28)32-38(35,36)15-10-9-14(16(24)17(15)25)18-19(30-13-7-5-4-6-8-13)31-21(37-18)20(33)29-11-22(2,3)34/h9-10,12-13,30,32,34H,4-8,11H2,1-3H3,(H,29,33)/t12-/m0/s1. The first-order valence-corrected chi connectivity index (χ1v) is 14.9. The van der Waals surface area contributed by atoms with Gasteiger partial charge in [-0.1, -0.05) is 48.5 Å². The Bertz CT molecular complexity index is 1270. The largest absolute Gasteiger partial charge is 0.404 e. The van der Waals surface area contributed by atoms with Crippen molar-refractivity contribution in [3.63, 3.8) is 0 Å². The average Bonchev–Trinajstić information content (AvgIpc) is 3.21. The highest BCUT2D eigenvalue weighted by Crippen LogP contribution is 2.43. The number of carbonyl (C=O) groups excluding carboxylic acids is 1. The molecule has 0 saturated heterocycles. The van der Waals surface area contributed by atoms with E-state index in [0.29, 0.717) is 17.6 Å². The normalized spacial score (nSPS) is 16.3. The van der Waals surface area contributed by atoms with Crippen LogP contribution >= 0.6 is 34.5 Å². The number of amides is 1. The van der Waals surface area contributed by atoms with Gasteiger partial charge in [0, 0.05) is 18.2 Å². The average molecular weight is 618 g/mol. The summed E-state index contributed by atoms with van der Waals surface area (Å²) < 4.78 is 65.7. The second-order valence-corrected chi connectivity index (χ2v) is 13.2. The number of rotatable bonds is 9. The minimum Gasteiger partial charge on any atom is -0.389 e. The highest BCUT2D eigenvalue weighted by Gasteiger charge is 2.39. The summed E-state index contributed by atoms with van der Waals surface area (Å²) in [5, 5.41) is 15.3. The van der Waals surface area contributed by atoms with Crippen molar-refractivity contribution in [1.29, 1.82) is 0 Å². The van der Waals surface area contributed by atoms with Gasteiger partial charge >= 0.3 is 6.18 Å². The van der Waals surface area contributed by atoms with E-state index in [1.165, 1.54) is 19.9 Å². The van der Waals surface area contributed by atoms with Gasteiger partial charge in [0.2, 0.25) is 10.0 Å². The fraction of sp³-hybridized carbons (Fsp3) is 0.565. The van der Waals surface area contributed by atoms with Crippen molar-refractivity contribution in [1.82, 2.24) is 15.0 Å². The van der Waals surface area contributed by atoms with Crippen molar-refractivity contribution in [2.75, 3.05) is 11.9 Å². The Hall–Kier alpha value is -1.64. The Kier molecular flexibility index (Phi) is 9.63. The van der Waals surface area contributed by atoms with Crippen LogP contribution in [0, 0.1) is 0 Å². The SMILES string of the molecule is C[C@H](NS(=O)(=O)c1ccc(-c2sc(C(=O)NCC(C)(C)O)nc2NC2CCCCC2)c(Cl)c1Cl)C(F)(F)F. The molecule has 1 aromatic carbocycles. The molecule has 212 valence electrons. The van der Waals surface area contributed by atoms with Crippen LogP contribution < -0.4 is 15.4 Å². The minimum atomic E-state index is -4.80. The number of hydrogen-bond acceptors (Lipinski definition) is 7. The van der Waals surface area contributed by atoms with E-state index in [1.54, 1.807) is 4.72 Å². The number of aromatic nitrogens is 1. The lowest BCUT2D eigenvalue weighted by Gasteiger charge is -2.23. The van der Waals surface area contributed by atoms with Gasteiger partial charge in [-0.25, -0.2) is 13.4 Å². The van der Waals surface area contributed by atoms with Crippen molar-refractivity contribution in [2.45, 2.75) is 81.6 Å². The molecule has 0 spiro atoms. The van der Waals surface area contributed by atoms with Crippen LogP contribution in [0.1, 0.15) is 62.7 Å². The van der Waals surface area contributed by atoms with Crippen molar-refractivity contribution >= 4 is 56.3 Å². The molecule has 1 fully saturated rings. The number of aliphatic hydroxyl groups is 1. The maximum atomic E-state index is 12.9. The third-order valence-electron chi connectivity index (χ3n) is 5.85. The molecular formula is C23H29Cl2F3N4O4S2. The Labute approximate surface area is 233 Å². The highest BCUT2D eigenvalue weighted by molar-refractivity contribution is 7.89. The van der Waals surface area contributed by atoms with Crippen LogP contribution in [-0.2, 0) is 10.0 Å². The molecule has 1 atom stereocenters. The van der Waals surface area contributed by atoms with E-state index in [9.17, 15) is 31.5 Å². The molecule has 1 aliphatic carbocycles. The molecule has 15 heteroatoms. The second-order valence-electron chi connectivity index (χ2n) is 9.79. The Morgan fingerprint density at radius 2 is 1.82 bits per heavy atom. The van der Waals surface area contributed by atoms with Gasteiger partial charge in [0.15, 0.2) is 5.01 Å². The van der Waals surface area contributed by atoms with Crippen molar-refractivity contribution in [3.8, 4) is 10.4 Å². The van der Waals surface area contributed by atoms with Crippen LogP contribution in [-0.4, -0.2) is 54.8 Å². The minimum absolute atomic E-state index is 0.0192. The van der Waals surface area contributed by atoms with Gasteiger partial charge in [0.05, 0.1) is 20.5 Å². The summed E-state index contributed by atoms with van der Waals surface area (Å²) in [6, 6.07) is 0.130. The van der Waals surface area contributed by atoms with Crippen LogP contribution in [0.5, 0.6) is 0 Å². The summed E-state index contributed by atoms with van der Waals surface area (Å²) in [4.78, 5) is 17.0. The summed E-state index contributed by atoms with van der Waals surface area (Å²) in [6.07, 6.45) is 0.161. The van der Waals surface area contributed by atoms with Gasteiger partial charge in [0.1, 0.15) is 16.8 Å². The number of sulfonamides is 1. The Morgan fingerprint density at radius 1 is 1.18 bits per heavy atom. The summed E-state index contributed by atoms with van der Waals surface area (Å²) >= 11 is 13.7. The van der Waals surface area contributed by atoms with Crippen molar-refractivity contribution in [2.24, 2.45) is 0 Å². The fourth-order valence-corrected chi connectivity index (χ4v) is 6.92. The number of nitrogens with zero attached hydrogens (tertiary/aromatic N) is 1. The molecule has 1 heterocycles. The quantitative estimate of drug-likeness (QED) is 0.291. The number of anilines is 1. The molecule has 0 bridgehead atoms. The number of hydrogen-bond donors (Lipinski definition) is 4. The van der Waals surface area contributed by atoms with Gasteiger partial charge in [-0.15, -0.1) is 11.3 Å². The van der Waals surface area contributed by atoms with Crippen molar-refractivity contribution < 1.29 is 31.5 Å². The number of benzene rings is 1. The van der Waals surface area contributed by atoms with Crippen molar-refractivity contribution in [3.05, 3.63) is 27.2 Å². The van der Waals surface area contributed by atoms with E-state index in [0.717, 1.165) is 49.5 Å². The fourth-order valence-electron chi connectivity index (χ4n) is 3.79. The smallest absolute Gasteiger partial charge is 0.389 e. The van der Waals surface area contributed by atoms with E-state index in [1.807, 2.05) is 0 Å². The monoisotopic (exact) mass is 616 g/mol. The van der Waals surface area contributed by atoms with Crippen LogP contribution in [0.15, 0.2) is 17.0 Å². The zero-order chi connectivity index (χ0) is 28.5. The molecule has 2 aromatic rings. The number of thiazole rings is 1. The van der Waals surface area contributed by atoms with E-state index >= 15 is 0 Å². The summed E-state index contributed by atoms with van der Waals surface area (Å²) in [7, 11) is -4.66. The second kappa shape index (κ2) is 11.8. The van der Waals surface area contributed by atoms with E-state index in [4.69, 9.17) is 23.2 Å². The number of nitrogens with one attached hydrogen (secondary N) is 3. The van der Waals surface area contributed by atoms with Crippen LogP contribution in [0.3, 0.4) is 0 Å². The summed E-state index contributed by atoms with van der Waals surface area (Å²) in [5.74, 6) is -0.172. The van der Waals surface area contributed by atoms with Gasteiger partial charge in [-0.2, -0.15) is 17.9 Å². The first-order valence-electron chi connectivity index (χ1n) is 11.8. The van der Waals surface area contributed by atoms with Crippen LogP contribution in [0.4, 0.5) is 19.0 Å². The lowest BCUT2D eigenvalue weighted by molar-refractivity contribution is -0.147. The zero-order valence-corrected chi connectivity index (χ0v) is 24.0. The molecule has 1 aliphatic rings. The molecule has 1 aromatic heterocycles. The number of alkyl halides is 3. The lowest BCUT2D eigenvalue weighted by atomic mass is 9.95. The topological polar surface area (TPSA) is 120 Å². The third-order valence-corrected chi connectivity index (χ3v) is 9.52. The molecule has 3 rings (SSSR count). The third kappa shape index (κ3) is 7.72. The van der Waals surface area contributed by atoms with Gasteiger partial charge in [0.25, 0.3) is 5.91 Å². The van der Waals surface area contributed by atoms with Crippen LogP contribution in [0.25, 0.3) is 10.4 Å². The first-order chi connectivity index (χ1) is 17.5. The number of carbonyl (C=O) groups is 1. The molecule has 38 heavy (non-hydrogen) atoms. The molecule has 0 unspecified atom stereocenters. The van der Waals surface area contributed by atoms with Crippen LogP contribution in [0.2, 0.25) is 10.0 Å².